The normalized spacial score (nSPS) is 16.1. The third-order valence-electron chi connectivity index (χ3n) is 4.12. The molecule has 7 nitrogen and oxygen atoms in total. The maximum Gasteiger partial charge on any atom is 0.306 e. The predicted octanol–water partition coefficient (Wildman–Crippen LogP) is 0.851. The molecule has 0 bridgehead atoms. The number of nitrogens with zero attached hydrogens (tertiary/aromatic N) is 1. The number of rotatable bonds is 6. The van der Waals surface area contributed by atoms with Crippen LogP contribution in [0.15, 0.2) is 29.2 Å². The van der Waals surface area contributed by atoms with Crippen LogP contribution in [0.2, 0.25) is 0 Å². The molecule has 0 aliphatic carbocycles. The van der Waals surface area contributed by atoms with Crippen molar-refractivity contribution in [2.75, 3.05) is 19.6 Å². The Hall–Kier alpha value is -1.93. The molecule has 0 spiro atoms. The molecule has 1 aromatic rings. The summed E-state index contributed by atoms with van der Waals surface area (Å²) in [6, 6.07) is 6.23. The summed E-state index contributed by atoms with van der Waals surface area (Å²) in [6.45, 7) is 2.92. The third kappa shape index (κ3) is 4.55. The Kier molecular flexibility index (Phi) is 5.95. The van der Waals surface area contributed by atoms with E-state index >= 15 is 0 Å². The molecule has 0 radical (unpaired) electrons. The first kappa shape index (κ1) is 18.4. The fourth-order valence-corrected chi connectivity index (χ4v) is 3.76. The van der Waals surface area contributed by atoms with Crippen molar-refractivity contribution in [1.82, 2.24) is 9.62 Å². The maximum absolute atomic E-state index is 12.3. The Morgan fingerprint density at radius 2 is 1.79 bits per heavy atom. The number of likely N-dealkylation sites (tertiary alicyclic amines) is 1. The van der Waals surface area contributed by atoms with Gasteiger partial charge in [0.1, 0.15) is 0 Å². The van der Waals surface area contributed by atoms with Crippen molar-refractivity contribution in [1.29, 1.82) is 0 Å². The van der Waals surface area contributed by atoms with Crippen LogP contribution in [0.5, 0.6) is 0 Å². The van der Waals surface area contributed by atoms with Crippen molar-refractivity contribution < 1.29 is 23.1 Å². The van der Waals surface area contributed by atoms with Gasteiger partial charge in [-0.25, -0.2) is 13.1 Å². The minimum Gasteiger partial charge on any atom is -0.481 e. The molecule has 0 unspecified atom stereocenters. The van der Waals surface area contributed by atoms with Crippen molar-refractivity contribution >= 4 is 21.9 Å². The minimum absolute atomic E-state index is 0.0684. The average molecular weight is 354 g/mol. The second kappa shape index (κ2) is 7.76. The summed E-state index contributed by atoms with van der Waals surface area (Å²) in [4.78, 5) is 25.0. The molecular weight excluding hydrogens is 332 g/mol. The fraction of sp³-hybridized carbons (Fsp3) is 0.500. The van der Waals surface area contributed by atoms with Gasteiger partial charge < -0.3 is 10.0 Å². The lowest BCUT2D eigenvalue weighted by Crippen LogP contribution is -2.40. The van der Waals surface area contributed by atoms with Gasteiger partial charge in [-0.3, -0.25) is 9.59 Å². The topological polar surface area (TPSA) is 104 Å². The van der Waals surface area contributed by atoms with Crippen LogP contribution in [-0.4, -0.2) is 49.9 Å². The van der Waals surface area contributed by atoms with E-state index in [-0.39, 0.29) is 23.1 Å². The van der Waals surface area contributed by atoms with Crippen molar-refractivity contribution in [2.45, 2.75) is 31.1 Å². The quantitative estimate of drug-likeness (QED) is 0.788. The number of piperidine rings is 1. The zero-order valence-corrected chi connectivity index (χ0v) is 14.4. The molecule has 1 aliphatic heterocycles. The summed E-state index contributed by atoms with van der Waals surface area (Å²) < 4.78 is 26.1. The van der Waals surface area contributed by atoms with Crippen molar-refractivity contribution in [3.8, 4) is 0 Å². The van der Waals surface area contributed by atoms with Gasteiger partial charge in [-0.1, -0.05) is 19.1 Å². The zero-order chi connectivity index (χ0) is 17.7. The van der Waals surface area contributed by atoms with Crippen LogP contribution in [0.25, 0.3) is 0 Å². The van der Waals surface area contributed by atoms with Gasteiger partial charge in [-0.15, -0.1) is 0 Å². The highest BCUT2D eigenvalue weighted by molar-refractivity contribution is 7.89. The highest BCUT2D eigenvalue weighted by Crippen LogP contribution is 2.18. The number of sulfonamides is 1. The molecule has 0 saturated carbocycles. The number of amides is 1. The zero-order valence-electron chi connectivity index (χ0n) is 13.6. The van der Waals surface area contributed by atoms with Crippen LogP contribution in [0.3, 0.4) is 0 Å². The van der Waals surface area contributed by atoms with E-state index in [0.717, 1.165) is 5.56 Å². The minimum atomic E-state index is -3.49. The maximum atomic E-state index is 12.3. The molecule has 8 heteroatoms. The fourth-order valence-electron chi connectivity index (χ4n) is 2.72. The van der Waals surface area contributed by atoms with Crippen LogP contribution >= 0.6 is 0 Å². The van der Waals surface area contributed by atoms with E-state index in [1.165, 1.54) is 12.1 Å². The van der Waals surface area contributed by atoms with E-state index in [4.69, 9.17) is 5.11 Å². The van der Waals surface area contributed by atoms with Gasteiger partial charge in [-0.05, 0) is 30.5 Å². The third-order valence-corrected chi connectivity index (χ3v) is 5.68. The van der Waals surface area contributed by atoms with Crippen LogP contribution < -0.4 is 4.72 Å². The number of nitrogens with one attached hydrogen (secondary N) is 1. The van der Waals surface area contributed by atoms with E-state index in [2.05, 4.69) is 4.72 Å². The Labute approximate surface area is 141 Å². The monoisotopic (exact) mass is 354 g/mol. The number of hydrogen-bond acceptors (Lipinski definition) is 4. The Morgan fingerprint density at radius 1 is 1.21 bits per heavy atom. The number of carbonyl (C=O) groups is 2. The molecule has 1 aliphatic rings. The van der Waals surface area contributed by atoms with Gasteiger partial charge in [0.15, 0.2) is 0 Å². The molecule has 1 aromatic carbocycles. The number of hydrogen-bond donors (Lipinski definition) is 2. The number of carbonyl (C=O) groups excluding carboxylic acids is 1. The van der Waals surface area contributed by atoms with Gasteiger partial charge >= 0.3 is 5.97 Å². The number of aliphatic carboxylic acids is 1. The first-order valence-electron chi connectivity index (χ1n) is 7.92. The summed E-state index contributed by atoms with van der Waals surface area (Å²) in [5.74, 6) is -1.25. The molecule has 0 atom stereocenters. The van der Waals surface area contributed by atoms with E-state index in [0.29, 0.717) is 32.5 Å². The molecular formula is C16H22N2O5S. The average Bonchev–Trinajstić information content (AvgIpc) is 2.55. The second-order valence-electron chi connectivity index (χ2n) is 5.82. The van der Waals surface area contributed by atoms with Gasteiger partial charge in [0, 0.05) is 19.6 Å². The predicted molar refractivity (Wildman–Crippen MR) is 87.9 cm³/mol. The molecule has 1 saturated heterocycles. The molecule has 2 rings (SSSR count). The summed E-state index contributed by atoms with van der Waals surface area (Å²) in [7, 11) is -3.49. The lowest BCUT2D eigenvalue weighted by molar-refractivity contribution is -0.145. The number of carboxylic acids is 1. The largest absolute Gasteiger partial charge is 0.481 e. The van der Waals surface area contributed by atoms with Crippen molar-refractivity contribution in [2.24, 2.45) is 5.92 Å². The lowest BCUT2D eigenvalue weighted by Gasteiger charge is -2.30. The molecule has 1 fully saturated rings. The molecule has 1 amide bonds. The van der Waals surface area contributed by atoms with Gasteiger partial charge in [-0.2, -0.15) is 0 Å². The summed E-state index contributed by atoms with van der Waals surface area (Å²) in [5.41, 5.74) is 0.732. The second-order valence-corrected chi connectivity index (χ2v) is 7.58. The van der Waals surface area contributed by atoms with Crippen LogP contribution in [0.4, 0.5) is 0 Å². The molecule has 2 N–H and O–H groups in total. The first-order valence-corrected chi connectivity index (χ1v) is 9.41. The van der Waals surface area contributed by atoms with Gasteiger partial charge in [0.05, 0.1) is 17.2 Å². The standard InChI is InChI=1S/C16H22N2O5S/c1-2-17-24(22,23)14-5-3-12(4-6-14)11-15(19)18-9-7-13(8-10-18)16(20)21/h3-6,13,17H,2,7-11H2,1H3,(H,20,21). The Morgan fingerprint density at radius 3 is 2.29 bits per heavy atom. The molecule has 24 heavy (non-hydrogen) atoms. The summed E-state index contributed by atoms with van der Waals surface area (Å²) in [6.07, 6.45) is 1.13. The summed E-state index contributed by atoms with van der Waals surface area (Å²) >= 11 is 0. The van der Waals surface area contributed by atoms with Gasteiger partial charge in [0.2, 0.25) is 15.9 Å². The molecule has 1 heterocycles. The smallest absolute Gasteiger partial charge is 0.306 e. The van der Waals surface area contributed by atoms with E-state index in [9.17, 15) is 18.0 Å². The van der Waals surface area contributed by atoms with E-state index < -0.39 is 16.0 Å². The Bertz CT molecular complexity index is 692. The highest BCUT2D eigenvalue weighted by Gasteiger charge is 2.26. The van der Waals surface area contributed by atoms with E-state index in [1.807, 2.05) is 0 Å². The van der Waals surface area contributed by atoms with Crippen molar-refractivity contribution in [3.63, 3.8) is 0 Å². The molecule has 0 aromatic heterocycles. The lowest BCUT2D eigenvalue weighted by atomic mass is 9.96. The van der Waals surface area contributed by atoms with Crippen molar-refractivity contribution in [3.05, 3.63) is 29.8 Å². The Balaban J connectivity index is 1.94. The first-order chi connectivity index (χ1) is 11.3. The van der Waals surface area contributed by atoms with Gasteiger partial charge in [0.25, 0.3) is 0 Å². The molecule has 132 valence electrons. The van der Waals surface area contributed by atoms with Crippen LogP contribution in [0, 0.1) is 5.92 Å². The van der Waals surface area contributed by atoms with Crippen LogP contribution in [-0.2, 0) is 26.0 Å². The SMILES string of the molecule is CCNS(=O)(=O)c1ccc(CC(=O)N2CCC(C(=O)O)CC2)cc1. The number of carboxylic acid groups (broad SMARTS) is 1. The highest BCUT2D eigenvalue weighted by atomic mass is 32.2. The van der Waals surface area contributed by atoms with Crippen LogP contribution in [0.1, 0.15) is 25.3 Å². The van der Waals surface area contributed by atoms with E-state index in [1.54, 1.807) is 24.0 Å². The summed E-state index contributed by atoms with van der Waals surface area (Å²) in [5, 5.41) is 8.97. The number of benzene rings is 1.